The molecule has 0 radical (unpaired) electrons. The number of H-pyrrole nitrogens is 1. The van der Waals surface area contributed by atoms with Crippen LogP contribution in [0.1, 0.15) is 28.6 Å². The van der Waals surface area contributed by atoms with E-state index < -0.39 is 5.91 Å². The molecule has 0 aliphatic rings. The summed E-state index contributed by atoms with van der Waals surface area (Å²) in [4.78, 5) is 29.2. The molecule has 7 nitrogen and oxygen atoms in total. The third-order valence-corrected chi connectivity index (χ3v) is 6.05. The molecule has 35 heavy (non-hydrogen) atoms. The number of hydrogen-bond donors (Lipinski definition) is 3. The van der Waals surface area contributed by atoms with E-state index in [4.69, 9.17) is 4.42 Å². The van der Waals surface area contributed by atoms with Crippen molar-refractivity contribution in [1.29, 1.82) is 0 Å². The lowest BCUT2D eigenvalue weighted by atomic mass is 10.1. The van der Waals surface area contributed by atoms with Crippen LogP contribution in [0.2, 0.25) is 0 Å². The van der Waals surface area contributed by atoms with Gasteiger partial charge in [-0.15, -0.1) is 0 Å². The van der Waals surface area contributed by atoms with E-state index in [2.05, 4.69) is 33.2 Å². The normalized spacial score (nSPS) is 11.7. The van der Waals surface area contributed by atoms with Gasteiger partial charge in [-0.3, -0.25) is 9.59 Å². The highest BCUT2D eigenvalue weighted by Crippen LogP contribution is 2.23. The van der Waals surface area contributed by atoms with E-state index >= 15 is 0 Å². The van der Waals surface area contributed by atoms with Crippen molar-refractivity contribution in [1.82, 2.24) is 20.2 Å². The van der Waals surface area contributed by atoms with Gasteiger partial charge in [-0.05, 0) is 49.2 Å². The number of fused-ring (bicyclic) bond motifs is 2. The Labute approximate surface area is 202 Å². The molecule has 0 spiro atoms. The van der Waals surface area contributed by atoms with Crippen molar-refractivity contribution in [2.75, 3.05) is 6.54 Å². The van der Waals surface area contributed by atoms with Gasteiger partial charge in [0.1, 0.15) is 5.70 Å². The van der Waals surface area contributed by atoms with Crippen molar-refractivity contribution in [3.8, 4) is 0 Å². The van der Waals surface area contributed by atoms with Gasteiger partial charge in [0.25, 0.3) is 11.8 Å². The lowest BCUT2D eigenvalue weighted by Crippen LogP contribution is -2.35. The Morgan fingerprint density at radius 3 is 2.63 bits per heavy atom. The Morgan fingerprint density at radius 2 is 1.83 bits per heavy atom. The number of furan rings is 1. The Balaban J connectivity index is 1.40. The number of aryl methyl sites for hydroxylation is 1. The first-order chi connectivity index (χ1) is 17.1. The topological polar surface area (TPSA) is 92.1 Å². The molecule has 0 saturated carbocycles. The van der Waals surface area contributed by atoms with Crippen molar-refractivity contribution >= 4 is 39.7 Å². The summed E-state index contributed by atoms with van der Waals surface area (Å²) >= 11 is 0. The molecule has 2 aromatic carbocycles. The van der Waals surface area contributed by atoms with Crippen LogP contribution in [0, 0.1) is 0 Å². The van der Waals surface area contributed by atoms with E-state index in [1.807, 2.05) is 54.9 Å². The number of aromatic nitrogens is 2. The molecule has 2 amide bonds. The first-order valence-corrected chi connectivity index (χ1v) is 11.6. The molecule has 3 N–H and O–H groups in total. The Kier molecular flexibility index (Phi) is 6.22. The van der Waals surface area contributed by atoms with Gasteiger partial charge in [-0.1, -0.05) is 36.4 Å². The van der Waals surface area contributed by atoms with Gasteiger partial charge in [0.15, 0.2) is 5.76 Å². The van der Waals surface area contributed by atoms with Crippen LogP contribution >= 0.6 is 0 Å². The number of rotatable bonds is 8. The number of amides is 2. The number of carbonyl (C=O) groups excluding carboxylic acids is 2. The van der Waals surface area contributed by atoms with Crippen LogP contribution < -0.4 is 10.6 Å². The van der Waals surface area contributed by atoms with Gasteiger partial charge < -0.3 is 24.6 Å². The molecule has 7 heteroatoms. The second-order valence-electron chi connectivity index (χ2n) is 8.24. The fraction of sp³-hybridized carbons (Fsp3) is 0.143. The molecule has 176 valence electrons. The molecule has 3 aromatic heterocycles. The van der Waals surface area contributed by atoms with Crippen LogP contribution in [-0.2, 0) is 17.8 Å². The lowest BCUT2D eigenvalue weighted by Gasteiger charge is -2.10. The molecule has 0 aliphatic carbocycles. The monoisotopic (exact) mass is 466 g/mol. The minimum absolute atomic E-state index is 0.137. The van der Waals surface area contributed by atoms with Crippen LogP contribution in [0.3, 0.4) is 0 Å². The summed E-state index contributed by atoms with van der Waals surface area (Å²) in [6.45, 7) is 3.28. The highest BCUT2D eigenvalue weighted by molar-refractivity contribution is 6.06. The maximum absolute atomic E-state index is 13.2. The molecule has 0 atom stereocenters. The second-order valence-corrected chi connectivity index (χ2v) is 8.24. The number of nitrogens with one attached hydrogen (secondary N) is 3. The number of carbonyl (C=O) groups is 2. The van der Waals surface area contributed by atoms with Crippen molar-refractivity contribution in [3.05, 3.63) is 102 Å². The van der Waals surface area contributed by atoms with Crippen molar-refractivity contribution < 1.29 is 14.0 Å². The quantitative estimate of drug-likeness (QED) is 0.285. The Morgan fingerprint density at radius 1 is 1.03 bits per heavy atom. The third kappa shape index (κ3) is 4.61. The van der Waals surface area contributed by atoms with Crippen molar-refractivity contribution in [2.24, 2.45) is 0 Å². The van der Waals surface area contributed by atoms with E-state index in [1.165, 1.54) is 6.26 Å². The largest absolute Gasteiger partial charge is 0.459 e. The molecule has 0 saturated heterocycles. The summed E-state index contributed by atoms with van der Waals surface area (Å²) in [5, 5.41) is 7.83. The smallest absolute Gasteiger partial charge is 0.291 e. The average molecular weight is 467 g/mol. The minimum Gasteiger partial charge on any atom is -0.459 e. The molecule has 5 aromatic rings. The van der Waals surface area contributed by atoms with Crippen LogP contribution in [-0.4, -0.2) is 27.9 Å². The zero-order valence-corrected chi connectivity index (χ0v) is 19.4. The highest BCUT2D eigenvalue weighted by Gasteiger charge is 2.17. The van der Waals surface area contributed by atoms with Gasteiger partial charge in [-0.25, -0.2) is 0 Å². The average Bonchev–Trinajstić information content (AvgIpc) is 3.63. The first-order valence-electron chi connectivity index (χ1n) is 11.6. The van der Waals surface area contributed by atoms with Crippen LogP contribution in [0.5, 0.6) is 0 Å². The minimum atomic E-state index is -0.479. The maximum atomic E-state index is 13.2. The standard InChI is InChI=1S/C28H26N4O3/c1-2-32-18-20(22-9-4-6-11-25(22)32)16-24(31-28(34)26-12-7-15-35-26)27(33)29-14-13-19-17-30-23-10-5-3-8-21(19)23/h3-12,15-18,30H,2,13-14H2,1H3,(H,29,33)(H,31,34). The molecular formula is C28H26N4O3. The number of aromatic amines is 1. The van der Waals surface area contributed by atoms with Gasteiger partial charge in [0.05, 0.1) is 6.26 Å². The van der Waals surface area contributed by atoms with E-state index in [1.54, 1.807) is 18.2 Å². The van der Waals surface area contributed by atoms with E-state index in [0.29, 0.717) is 13.0 Å². The summed E-state index contributed by atoms with van der Waals surface area (Å²) in [5.41, 5.74) is 4.26. The van der Waals surface area contributed by atoms with Crippen LogP contribution in [0.25, 0.3) is 27.9 Å². The van der Waals surface area contributed by atoms with Crippen LogP contribution in [0.4, 0.5) is 0 Å². The second kappa shape index (κ2) is 9.77. The number of benzene rings is 2. The fourth-order valence-corrected chi connectivity index (χ4v) is 4.30. The fourth-order valence-electron chi connectivity index (χ4n) is 4.30. The van der Waals surface area contributed by atoms with Crippen molar-refractivity contribution in [3.63, 3.8) is 0 Å². The molecular weight excluding hydrogens is 440 g/mol. The summed E-state index contributed by atoms with van der Waals surface area (Å²) < 4.78 is 7.32. The molecule has 0 fully saturated rings. The van der Waals surface area contributed by atoms with Gasteiger partial charge in [-0.2, -0.15) is 0 Å². The maximum Gasteiger partial charge on any atom is 0.291 e. The lowest BCUT2D eigenvalue weighted by molar-refractivity contribution is -0.117. The van der Waals surface area contributed by atoms with E-state index in [0.717, 1.165) is 39.5 Å². The molecule has 0 aliphatic heterocycles. The SMILES string of the molecule is CCn1cc(C=C(NC(=O)c2ccco2)C(=O)NCCc2c[nH]c3ccccc23)c2ccccc21. The molecule has 3 heterocycles. The predicted octanol–water partition coefficient (Wildman–Crippen LogP) is 4.87. The summed E-state index contributed by atoms with van der Waals surface area (Å²) in [5.74, 6) is -0.705. The zero-order chi connectivity index (χ0) is 24.2. The number of para-hydroxylation sites is 2. The van der Waals surface area contributed by atoms with Crippen molar-refractivity contribution in [2.45, 2.75) is 19.9 Å². The Bertz CT molecular complexity index is 1520. The third-order valence-electron chi connectivity index (χ3n) is 6.05. The van der Waals surface area contributed by atoms with Gasteiger partial charge in [0, 0.05) is 52.9 Å². The molecule has 0 bridgehead atoms. The first kappa shape index (κ1) is 22.3. The molecule has 0 unspecified atom stereocenters. The summed E-state index contributed by atoms with van der Waals surface area (Å²) in [6, 6.07) is 19.2. The Hall–Kier alpha value is -4.52. The summed E-state index contributed by atoms with van der Waals surface area (Å²) in [7, 11) is 0. The van der Waals surface area contributed by atoms with Gasteiger partial charge in [0.2, 0.25) is 0 Å². The number of hydrogen-bond acceptors (Lipinski definition) is 3. The zero-order valence-electron chi connectivity index (χ0n) is 19.4. The highest BCUT2D eigenvalue weighted by atomic mass is 16.3. The van der Waals surface area contributed by atoms with E-state index in [-0.39, 0.29) is 17.4 Å². The van der Waals surface area contributed by atoms with E-state index in [9.17, 15) is 9.59 Å². The molecule has 5 rings (SSSR count). The predicted molar refractivity (Wildman–Crippen MR) is 137 cm³/mol. The number of nitrogens with zero attached hydrogens (tertiary/aromatic N) is 1. The van der Waals surface area contributed by atoms with Crippen LogP contribution in [0.15, 0.2) is 89.4 Å². The summed E-state index contributed by atoms with van der Waals surface area (Å²) in [6.07, 6.45) is 7.75. The van der Waals surface area contributed by atoms with Gasteiger partial charge >= 0.3 is 0 Å².